The van der Waals surface area contributed by atoms with E-state index in [-0.39, 0.29) is 48.3 Å². The van der Waals surface area contributed by atoms with E-state index in [0.29, 0.717) is 51.1 Å². The molecule has 2 saturated heterocycles. The van der Waals surface area contributed by atoms with Gasteiger partial charge in [-0.3, -0.25) is 4.79 Å². The molecule has 1 aromatic rings. The van der Waals surface area contributed by atoms with Crippen LogP contribution in [0.25, 0.3) is 0 Å². The number of ether oxygens (including phenoxy) is 5. The first kappa shape index (κ1) is 46.5. The number of alkyl carbamates (subject to hydrolysis) is 1. The number of aliphatic hydroxyl groups excluding tert-OH is 5. The van der Waals surface area contributed by atoms with Gasteiger partial charge in [-0.2, -0.15) is 0 Å². The van der Waals surface area contributed by atoms with Gasteiger partial charge in [0.05, 0.1) is 19.3 Å². The van der Waals surface area contributed by atoms with Crippen LogP contribution in [0.2, 0.25) is 0 Å². The molecule has 0 aromatic heterocycles. The average Bonchev–Trinajstić information content (AvgIpc) is 3.47. The van der Waals surface area contributed by atoms with Crippen molar-refractivity contribution >= 4 is 11.9 Å². The van der Waals surface area contributed by atoms with Crippen LogP contribution in [0, 0.1) is 40.4 Å². The van der Waals surface area contributed by atoms with Crippen molar-refractivity contribution in [1.82, 2.24) is 5.32 Å². The number of allylic oxidation sites excluding steroid dienone is 1. The molecule has 4 aliphatic carbocycles. The maximum Gasteiger partial charge on any atom is 0.407 e. The Bertz CT molecular complexity index is 1730. The molecule has 15 nitrogen and oxygen atoms in total. The Morgan fingerprint density at radius 3 is 2.25 bits per heavy atom. The van der Waals surface area contributed by atoms with Crippen LogP contribution in [0.4, 0.5) is 4.79 Å². The van der Waals surface area contributed by atoms with Crippen molar-refractivity contribution in [2.45, 2.75) is 173 Å². The molecule has 1 aromatic carbocycles. The van der Waals surface area contributed by atoms with Gasteiger partial charge in [0.2, 0.25) is 0 Å². The summed E-state index contributed by atoms with van der Waals surface area (Å²) in [5.41, 5.74) is 6.49. The van der Waals surface area contributed by atoms with Crippen LogP contribution in [0.3, 0.4) is 0 Å². The third-order valence-electron chi connectivity index (χ3n) is 15.9. The Kier molecular flexibility index (Phi) is 14.1. The highest BCUT2D eigenvalue weighted by Crippen LogP contribution is 2.69. The molecule has 17 atom stereocenters. The number of amides is 1. The predicted octanol–water partition coefficient (Wildman–Crippen LogP) is 2.97. The summed E-state index contributed by atoms with van der Waals surface area (Å²) >= 11 is 0. The number of hydrogen-bond acceptors (Lipinski definition) is 14. The molecule has 2 aliphatic heterocycles. The minimum Gasteiger partial charge on any atom is -0.446 e. The highest BCUT2D eigenvalue weighted by Gasteiger charge is 2.70. The van der Waals surface area contributed by atoms with Gasteiger partial charge in [0.25, 0.3) is 0 Å². The van der Waals surface area contributed by atoms with Crippen LogP contribution in [-0.4, -0.2) is 123 Å². The number of fused-ring (bicyclic) bond motifs is 5. The summed E-state index contributed by atoms with van der Waals surface area (Å²) in [5, 5.41) is 69.4. The summed E-state index contributed by atoms with van der Waals surface area (Å²) < 4.78 is 29.7. The quantitative estimate of drug-likeness (QED) is 0.133. The van der Waals surface area contributed by atoms with E-state index >= 15 is 0 Å². The van der Waals surface area contributed by atoms with Gasteiger partial charge in [0, 0.05) is 37.3 Å². The highest BCUT2D eigenvalue weighted by molar-refractivity contribution is 5.82. The topological polar surface area (TPSA) is 240 Å². The Morgan fingerprint density at radius 2 is 1.56 bits per heavy atom. The number of rotatable bonds is 13. The molecule has 6 aliphatic rings. The van der Waals surface area contributed by atoms with Gasteiger partial charge in [-0.15, -0.1) is 0 Å². The smallest absolute Gasteiger partial charge is 0.407 e. The lowest BCUT2D eigenvalue weighted by molar-refractivity contribution is -0.344. The van der Waals surface area contributed by atoms with Gasteiger partial charge in [0.1, 0.15) is 54.1 Å². The Morgan fingerprint density at radius 1 is 0.885 bits per heavy atom. The fourth-order valence-electron chi connectivity index (χ4n) is 12.0. The van der Waals surface area contributed by atoms with E-state index in [2.05, 4.69) is 39.1 Å². The van der Waals surface area contributed by atoms with Crippen LogP contribution in [0.1, 0.15) is 104 Å². The van der Waals surface area contributed by atoms with Crippen molar-refractivity contribution < 1.29 is 63.9 Å². The van der Waals surface area contributed by atoms with Crippen molar-refractivity contribution in [2.75, 3.05) is 13.2 Å². The van der Waals surface area contributed by atoms with Crippen molar-refractivity contribution in [3.05, 3.63) is 47.0 Å². The summed E-state index contributed by atoms with van der Waals surface area (Å²) in [7, 11) is 0. The number of Topliss-reactive ketones (excluding diaryl/α,β-unsaturated/α-hetero) is 1. The van der Waals surface area contributed by atoms with E-state index in [4.69, 9.17) is 29.4 Å². The second kappa shape index (κ2) is 18.5. The first-order valence-electron chi connectivity index (χ1n) is 22.5. The Labute approximate surface area is 359 Å². The number of nitrogens with two attached hydrogens (primary N) is 1. The average molecular weight is 859 g/mol. The third kappa shape index (κ3) is 8.83. The van der Waals surface area contributed by atoms with E-state index in [1.165, 1.54) is 5.57 Å². The van der Waals surface area contributed by atoms with Crippen molar-refractivity contribution in [3.63, 3.8) is 0 Å². The van der Waals surface area contributed by atoms with E-state index in [9.17, 15) is 40.2 Å². The fraction of sp³-hybridized carbons (Fsp3) is 0.783. The normalized spacial score (nSPS) is 42.8. The molecule has 7 rings (SSSR count). The first-order valence-corrected chi connectivity index (χ1v) is 22.5. The van der Waals surface area contributed by atoms with Crippen molar-refractivity contribution in [3.8, 4) is 0 Å². The number of carbonyl (C=O) groups excluding carboxylic acids is 2. The lowest BCUT2D eigenvalue weighted by Crippen LogP contribution is -2.63. The Balaban J connectivity index is 1.08. The number of aliphatic hydroxyl groups is 6. The largest absolute Gasteiger partial charge is 0.446 e. The summed E-state index contributed by atoms with van der Waals surface area (Å²) in [6, 6.07) is 7.79. The molecule has 9 N–H and O–H groups in total. The number of hydrogen-bond donors (Lipinski definition) is 8. The maximum atomic E-state index is 14.0. The minimum absolute atomic E-state index is 0.0491. The minimum atomic E-state index is -1.65. The van der Waals surface area contributed by atoms with E-state index in [1.807, 2.05) is 24.3 Å². The van der Waals surface area contributed by atoms with E-state index in [0.717, 1.165) is 36.8 Å². The maximum absolute atomic E-state index is 14.0. The van der Waals surface area contributed by atoms with Gasteiger partial charge >= 0.3 is 6.09 Å². The summed E-state index contributed by atoms with van der Waals surface area (Å²) in [6.45, 7) is 10.5. The first-order chi connectivity index (χ1) is 28.9. The van der Waals surface area contributed by atoms with Crippen LogP contribution in [-0.2, 0) is 41.6 Å². The van der Waals surface area contributed by atoms with E-state index in [1.54, 1.807) is 6.92 Å². The molecule has 3 saturated carbocycles. The summed E-state index contributed by atoms with van der Waals surface area (Å²) in [6.07, 6.45) is -5.13. The lowest BCUT2D eigenvalue weighted by atomic mass is 9.46. The molecule has 1 unspecified atom stereocenters. The molecule has 1 amide bonds. The fourth-order valence-corrected chi connectivity index (χ4v) is 12.0. The molecular weight excluding hydrogens is 789 g/mol. The van der Waals surface area contributed by atoms with Gasteiger partial charge in [-0.25, -0.2) is 4.79 Å². The molecule has 2 heterocycles. The highest BCUT2D eigenvalue weighted by atomic mass is 16.7. The zero-order valence-corrected chi connectivity index (χ0v) is 36.4. The van der Waals surface area contributed by atoms with Crippen LogP contribution in [0.15, 0.2) is 35.9 Å². The van der Waals surface area contributed by atoms with Gasteiger partial charge in [0.15, 0.2) is 12.6 Å². The lowest BCUT2D eigenvalue weighted by Gasteiger charge is -2.59. The van der Waals surface area contributed by atoms with Crippen molar-refractivity contribution in [2.24, 2.45) is 46.2 Å². The SMILES string of the molecule is CC(C)CCC(=O)[C@@H](C)[C@@]1(O)[C@@H](O[C@@H]2OC[C@H](O)[C@H](O[C@@H]3OC[C@@H](O)[C@H](O)[C@H]3O)[C@H]2O)C[C@H]2[C@@H]3CC=C4C[C@@H](OC(=O)NCc5ccc(CN)cc5)CC[C@]4(C)C3CC[C@@]21C. The van der Waals surface area contributed by atoms with Crippen molar-refractivity contribution in [1.29, 1.82) is 0 Å². The molecule has 0 spiro atoms. The monoisotopic (exact) mass is 858 g/mol. The van der Waals surface area contributed by atoms with Gasteiger partial charge < -0.3 is 65.4 Å². The second-order valence-electron chi connectivity index (χ2n) is 19.8. The number of benzene rings is 1. The predicted molar refractivity (Wildman–Crippen MR) is 221 cm³/mol. The van der Waals surface area contributed by atoms with Crippen LogP contribution in [0.5, 0.6) is 0 Å². The molecule has 15 heteroatoms. The van der Waals surface area contributed by atoms with Gasteiger partial charge in [-0.1, -0.05) is 70.5 Å². The van der Waals surface area contributed by atoms with Gasteiger partial charge in [-0.05, 0) is 85.2 Å². The summed E-state index contributed by atoms with van der Waals surface area (Å²) in [4.78, 5) is 27.0. The zero-order chi connectivity index (χ0) is 44.0. The molecule has 61 heavy (non-hydrogen) atoms. The second-order valence-corrected chi connectivity index (χ2v) is 19.8. The molecular formula is C46H70N2O13. The Hall–Kier alpha value is -2.54. The van der Waals surface area contributed by atoms with E-state index < -0.39 is 78.3 Å². The van der Waals surface area contributed by atoms with Crippen LogP contribution < -0.4 is 11.1 Å². The molecule has 0 bridgehead atoms. The zero-order valence-electron chi connectivity index (χ0n) is 36.4. The molecule has 342 valence electrons. The number of nitrogens with one attached hydrogen (secondary N) is 1. The third-order valence-corrected chi connectivity index (χ3v) is 15.9. The standard InChI is InChI=1S/C46H70N2O13/c1-24(2)6-13-33(49)25(3)46(56)36(60-42-39(54)40(35(51)23-58-42)61-41-38(53)37(52)34(50)22-57-41)19-32-30-12-11-28-18-29(14-16-44(28,4)31(30)15-17-45(32,46)5)59-43(55)48-21-27-9-7-26(20-47)8-10-27/h7-11,24-25,29-32,34-42,50-54,56H,6,12-23,47H2,1-5H3,(H,48,55)/t25-,29+,30-,31?,32+,34-,35+,36+,37+,38-,39-,40+,41+,42+,44+,45+,46-/m1/s1. The van der Waals surface area contributed by atoms with Crippen LogP contribution >= 0.6 is 0 Å². The number of ketones is 1. The number of carbonyl (C=O) groups is 2. The molecule has 0 radical (unpaired) electrons. The molecule has 5 fully saturated rings. The summed E-state index contributed by atoms with van der Waals surface area (Å²) in [5.74, 6) is -0.152.